The number of carbonyl (C=O) groups excluding carboxylic acids is 2. The van der Waals surface area contributed by atoms with E-state index in [0.717, 1.165) is 0 Å². The molecule has 0 saturated heterocycles. The predicted octanol–water partition coefficient (Wildman–Crippen LogP) is 1.14. The number of hydrogen-bond acceptors (Lipinski definition) is 4. The topological polar surface area (TPSA) is 78.4 Å². The number of aliphatic hydroxyl groups is 1. The molecule has 0 aromatic carbocycles. The summed E-state index contributed by atoms with van der Waals surface area (Å²) in [4.78, 5) is 23.9. The van der Waals surface area contributed by atoms with Crippen LogP contribution in [0.15, 0.2) is 17.5 Å². The van der Waals surface area contributed by atoms with Gasteiger partial charge in [-0.25, -0.2) is 0 Å². The number of nitrogens with one attached hydrogen (secondary N) is 2. The van der Waals surface area contributed by atoms with Crippen molar-refractivity contribution in [3.63, 3.8) is 0 Å². The first-order chi connectivity index (χ1) is 8.83. The Morgan fingerprint density at radius 2 is 2.16 bits per heavy atom. The van der Waals surface area contributed by atoms with E-state index in [0.29, 0.717) is 4.88 Å². The Kier molecular flexibility index (Phi) is 5.50. The van der Waals surface area contributed by atoms with E-state index in [1.807, 2.05) is 5.38 Å². The van der Waals surface area contributed by atoms with Crippen LogP contribution in [0.25, 0.3) is 0 Å². The third-order valence-corrected chi connectivity index (χ3v) is 3.76. The summed E-state index contributed by atoms with van der Waals surface area (Å²) in [7, 11) is 0. The van der Waals surface area contributed by atoms with Crippen LogP contribution < -0.4 is 10.6 Å². The molecule has 1 unspecified atom stereocenters. The molecule has 0 aliphatic carbocycles. The molecule has 3 N–H and O–H groups in total. The van der Waals surface area contributed by atoms with Gasteiger partial charge in [0.05, 0.1) is 16.5 Å². The molecular weight excluding hydrogens is 264 g/mol. The molecule has 0 aliphatic rings. The average Bonchev–Trinajstić information content (AvgIpc) is 2.81. The molecule has 1 rings (SSSR count). The zero-order valence-electron chi connectivity index (χ0n) is 11.4. The van der Waals surface area contributed by atoms with Gasteiger partial charge in [0.15, 0.2) is 0 Å². The number of thiophene rings is 1. The molecule has 0 aliphatic heterocycles. The van der Waals surface area contributed by atoms with E-state index in [1.165, 1.54) is 11.3 Å². The maximum Gasteiger partial charge on any atom is 0.261 e. The fourth-order valence-electron chi connectivity index (χ4n) is 1.31. The molecule has 6 heteroatoms. The highest BCUT2D eigenvalue weighted by Gasteiger charge is 2.25. The second-order valence-electron chi connectivity index (χ2n) is 4.93. The van der Waals surface area contributed by atoms with E-state index in [2.05, 4.69) is 10.6 Å². The summed E-state index contributed by atoms with van der Waals surface area (Å²) in [5.41, 5.74) is -0.672. The van der Waals surface area contributed by atoms with E-state index >= 15 is 0 Å². The zero-order valence-corrected chi connectivity index (χ0v) is 12.2. The molecule has 106 valence electrons. The molecule has 0 saturated carbocycles. The number of aliphatic hydroxyl groups excluding tert-OH is 1. The highest BCUT2D eigenvalue weighted by atomic mass is 32.1. The number of hydrogen-bond donors (Lipinski definition) is 3. The maximum absolute atomic E-state index is 11.7. The fourth-order valence-corrected chi connectivity index (χ4v) is 1.95. The monoisotopic (exact) mass is 284 g/mol. The minimum absolute atomic E-state index is 0.169. The summed E-state index contributed by atoms with van der Waals surface area (Å²) < 4.78 is 0. The van der Waals surface area contributed by atoms with Crippen molar-refractivity contribution < 1.29 is 14.7 Å². The van der Waals surface area contributed by atoms with Crippen molar-refractivity contribution in [2.45, 2.75) is 38.8 Å². The van der Waals surface area contributed by atoms with Crippen molar-refractivity contribution in [2.75, 3.05) is 6.54 Å². The molecule has 19 heavy (non-hydrogen) atoms. The third-order valence-electron chi connectivity index (χ3n) is 2.89. The minimum Gasteiger partial charge on any atom is -0.391 e. The summed E-state index contributed by atoms with van der Waals surface area (Å²) >= 11 is 1.36. The van der Waals surface area contributed by atoms with Crippen LogP contribution in [0.3, 0.4) is 0 Å². The second kappa shape index (κ2) is 6.68. The lowest BCUT2D eigenvalue weighted by Crippen LogP contribution is -2.51. The summed E-state index contributed by atoms with van der Waals surface area (Å²) in [5.74, 6) is -0.366. The lowest BCUT2D eigenvalue weighted by Gasteiger charge is -2.29. The van der Waals surface area contributed by atoms with E-state index in [1.54, 1.807) is 32.9 Å². The number of amides is 2. The minimum atomic E-state index is -0.672. The first kappa shape index (κ1) is 15.7. The summed E-state index contributed by atoms with van der Waals surface area (Å²) in [6.45, 7) is 5.40. The Labute approximate surface area is 117 Å². The van der Waals surface area contributed by atoms with Crippen LogP contribution in [0, 0.1) is 0 Å². The third kappa shape index (κ3) is 5.00. The Hall–Kier alpha value is -1.40. The van der Waals surface area contributed by atoms with Gasteiger partial charge in [0, 0.05) is 13.0 Å². The van der Waals surface area contributed by atoms with E-state index in [-0.39, 0.29) is 24.8 Å². The smallest absolute Gasteiger partial charge is 0.261 e. The SMILES string of the molecule is CC(O)C(C)(C)NC(=O)CCNC(=O)c1cccs1. The molecular formula is C13H20N2O3S. The molecule has 1 heterocycles. The normalized spacial score (nSPS) is 12.8. The van der Waals surface area contributed by atoms with Crippen molar-refractivity contribution in [2.24, 2.45) is 0 Å². The van der Waals surface area contributed by atoms with Gasteiger partial charge in [0.2, 0.25) is 5.91 Å². The Morgan fingerprint density at radius 1 is 1.47 bits per heavy atom. The highest BCUT2D eigenvalue weighted by Crippen LogP contribution is 2.09. The first-order valence-electron chi connectivity index (χ1n) is 6.13. The lowest BCUT2D eigenvalue weighted by atomic mass is 9.98. The Balaban J connectivity index is 2.30. The van der Waals surface area contributed by atoms with Crippen LogP contribution in [-0.2, 0) is 4.79 Å². The van der Waals surface area contributed by atoms with Crippen LogP contribution >= 0.6 is 11.3 Å². The van der Waals surface area contributed by atoms with Crippen molar-refractivity contribution in [1.29, 1.82) is 0 Å². The standard InChI is InChI=1S/C13H20N2O3S/c1-9(16)13(2,3)15-11(17)6-7-14-12(18)10-5-4-8-19-10/h4-5,8-9,16H,6-7H2,1-3H3,(H,14,18)(H,15,17). The van der Waals surface area contributed by atoms with E-state index < -0.39 is 11.6 Å². The molecule has 1 aromatic heterocycles. The lowest BCUT2D eigenvalue weighted by molar-refractivity contribution is -0.123. The van der Waals surface area contributed by atoms with Crippen LogP contribution in [-0.4, -0.2) is 35.1 Å². The molecule has 0 spiro atoms. The average molecular weight is 284 g/mol. The molecule has 0 radical (unpaired) electrons. The molecule has 1 aromatic rings. The predicted molar refractivity (Wildman–Crippen MR) is 75.2 cm³/mol. The van der Waals surface area contributed by atoms with Gasteiger partial charge < -0.3 is 15.7 Å². The van der Waals surface area contributed by atoms with Crippen LogP contribution in [0.1, 0.15) is 36.9 Å². The summed E-state index contributed by atoms with van der Waals surface area (Å²) in [6, 6.07) is 3.54. The molecule has 5 nitrogen and oxygen atoms in total. The fraction of sp³-hybridized carbons (Fsp3) is 0.538. The van der Waals surface area contributed by atoms with Gasteiger partial charge in [0.1, 0.15) is 0 Å². The Morgan fingerprint density at radius 3 is 2.68 bits per heavy atom. The zero-order chi connectivity index (χ0) is 14.5. The molecule has 0 bridgehead atoms. The quantitative estimate of drug-likeness (QED) is 0.733. The second-order valence-corrected chi connectivity index (χ2v) is 5.88. The van der Waals surface area contributed by atoms with Gasteiger partial charge in [-0.1, -0.05) is 6.07 Å². The van der Waals surface area contributed by atoms with Gasteiger partial charge in [-0.3, -0.25) is 9.59 Å². The van der Waals surface area contributed by atoms with Crippen molar-refractivity contribution in [3.05, 3.63) is 22.4 Å². The highest BCUT2D eigenvalue weighted by molar-refractivity contribution is 7.12. The molecule has 2 amide bonds. The van der Waals surface area contributed by atoms with Gasteiger partial charge in [-0.2, -0.15) is 0 Å². The van der Waals surface area contributed by atoms with Crippen molar-refractivity contribution >= 4 is 23.2 Å². The van der Waals surface area contributed by atoms with Gasteiger partial charge in [-0.05, 0) is 32.2 Å². The van der Waals surface area contributed by atoms with Gasteiger partial charge in [-0.15, -0.1) is 11.3 Å². The van der Waals surface area contributed by atoms with E-state index in [9.17, 15) is 14.7 Å². The van der Waals surface area contributed by atoms with Gasteiger partial charge in [0.25, 0.3) is 5.91 Å². The summed E-state index contributed by atoms with van der Waals surface area (Å²) in [6.07, 6.45) is -0.454. The first-order valence-corrected chi connectivity index (χ1v) is 7.01. The van der Waals surface area contributed by atoms with Crippen LogP contribution in [0.2, 0.25) is 0 Å². The van der Waals surface area contributed by atoms with E-state index in [4.69, 9.17) is 0 Å². The number of carbonyl (C=O) groups is 2. The largest absolute Gasteiger partial charge is 0.391 e. The van der Waals surface area contributed by atoms with Crippen molar-refractivity contribution in [3.8, 4) is 0 Å². The number of rotatable bonds is 6. The van der Waals surface area contributed by atoms with Crippen LogP contribution in [0.5, 0.6) is 0 Å². The van der Waals surface area contributed by atoms with Crippen molar-refractivity contribution in [1.82, 2.24) is 10.6 Å². The van der Waals surface area contributed by atoms with Crippen LogP contribution in [0.4, 0.5) is 0 Å². The summed E-state index contributed by atoms with van der Waals surface area (Å²) in [5, 5.41) is 16.7. The Bertz CT molecular complexity index is 427. The molecule has 1 atom stereocenters. The van der Waals surface area contributed by atoms with Gasteiger partial charge >= 0.3 is 0 Å². The molecule has 0 fully saturated rings. The maximum atomic E-state index is 11.7.